The first-order chi connectivity index (χ1) is 17.8. The quantitative estimate of drug-likeness (QED) is 0.472. The SMILES string of the molecule is CNC(=O)Cn1cc(C2CC(c3cc(C(=O)NCc4ccc(F)c(OC)c4)nc(C)n3)=NO2)ccc1=O. The number of rotatable bonds is 8. The van der Waals surface area contributed by atoms with Crippen molar-refractivity contribution in [1.29, 1.82) is 0 Å². The van der Waals surface area contributed by atoms with Crippen LogP contribution in [0, 0.1) is 12.7 Å². The van der Waals surface area contributed by atoms with E-state index in [0.29, 0.717) is 34.8 Å². The van der Waals surface area contributed by atoms with Gasteiger partial charge in [-0.15, -0.1) is 0 Å². The fourth-order valence-corrected chi connectivity index (χ4v) is 3.72. The third-order valence-electron chi connectivity index (χ3n) is 5.67. The number of benzene rings is 1. The normalized spacial score (nSPS) is 14.5. The molecule has 37 heavy (non-hydrogen) atoms. The van der Waals surface area contributed by atoms with Gasteiger partial charge in [0.05, 0.1) is 12.8 Å². The second kappa shape index (κ2) is 11.0. The van der Waals surface area contributed by atoms with Crippen LogP contribution in [0.5, 0.6) is 5.75 Å². The smallest absolute Gasteiger partial charge is 0.270 e. The first-order valence-electron chi connectivity index (χ1n) is 11.4. The van der Waals surface area contributed by atoms with Crippen LogP contribution in [-0.2, 0) is 22.7 Å². The maximum Gasteiger partial charge on any atom is 0.270 e. The van der Waals surface area contributed by atoms with E-state index >= 15 is 0 Å². The molecule has 2 aromatic heterocycles. The predicted octanol–water partition coefficient (Wildman–Crippen LogP) is 1.64. The Morgan fingerprint density at radius 1 is 1.22 bits per heavy atom. The summed E-state index contributed by atoms with van der Waals surface area (Å²) in [6.07, 6.45) is 1.41. The van der Waals surface area contributed by atoms with Crippen LogP contribution in [0.25, 0.3) is 0 Å². The van der Waals surface area contributed by atoms with Gasteiger partial charge in [0.2, 0.25) is 5.91 Å². The number of oxime groups is 1. The Labute approximate surface area is 211 Å². The summed E-state index contributed by atoms with van der Waals surface area (Å²) in [5, 5.41) is 9.37. The standard InChI is InChI=1S/C25H25FN6O5/c1-14-29-18(9-20(30-14)25(35)28-11-15-4-6-17(26)22(8-15)36-3)19-10-21(37-31-19)16-5-7-24(34)32(12-16)13-23(33)27-2/h4-9,12,21H,10-11,13H2,1-3H3,(H,27,33)(H,28,35). The van der Waals surface area contributed by atoms with Crippen molar-refractivity contribution < 1.29 is 23.6 Å². The summed E-state index contributed by atoms with van der Waals surface area (Å²) in [5.41, 5.74) is 2.10. The van der Waals surface area contributed by atoms with Gasteiger partial charge in [0, 0.05) is 37.8 Å². The Kier molecular flexibility index (Phi) is 7.56. The highest BCUT2D eigenvalue weighted by Gasteiger charge is 2.26. The molecule has 3 heterocycles. The van der Waals surface area contributed by atoms with E-state index in [0.717, 1.165) is 0 Å². The summed E-state index contributed by atoms with van der Waals surface area (Å²) in [7, 11) is 2.86. The molecule has 12 heteroatoms. The molecular formula is C25H25FN6O5. The minimum absolute atomic E-state index is 0.0877. The molecule has 4 rings (SSSR count). The highest BCUT2D eigenvalue weighted by molar-refractivity contribution is 6.02. The molecule has 1 aromatic carbocycles. The number of amides is 2. The van der Waals surface area contributed by atoms with Crippen LogP contribution >= 0.6 is 0 Å². The summed E-state index contributed by atoms with van der Waals surface area (Å²) >= 11 is 0. The van der Waals surface area contributed by atoms with E-state index in [-0.39, 0.29) is 36.0 Å². The number of halogens is 1. The van der Waals surface area contributed by atoms with E-state index in [4.69, 9.17) is 9.57 Å². The Morgan fingerprint density at radius 3 is 2.78 bits per heavy atom. The number of carbonyl (C=O) groups excluding carboxylic acids is 2. The van der Waals surface area contributed by atoms with E-state index in [2.05, 4.69) is 25.8 Å². The van der Waals surface area contributed by atoms with Crippen LogP contribution < -0.4 is 20.9 Å². The number of likely N-dealkylation sites (N-methyl/N-ethyl adjacent to an activating group) is 1. The van der Waals surface area contributed by atoms with Gasteiger partial charge < -0.3 is 24.8 Å². The number of nitrogens with one attached hydrogen (secondary N) is 2. The molecule has 3 aromatic rings. The summed E-state index contributed by atoms with van der Waals surface area (Å²) in [5.74, 6) is -0.769. The van der Waals surface area contributed by atoms with E-state index in [1.807, 2.05) is 0 Å². The third-order valence-corrected chi connectivity index (χ3v) is 5.67. The summed E-state index contributed by atoms with van der Waals surface area (Å²) in [4.78, 5) is 50.8. The predicted molar refractivity (Wildman–Crippen MR) is 131 cm³/mol. The molecule has 2 amide bonds. The van der Waals surface area contributed by atoms with Crippen LogP contribution in [0.3, 0.4) is 0 Å². The molecule has 11 nitrogen and oxygen atoms in total. The maximum atomic E-state index is 13.6. The number of aromatic nitrogens is 3. The Morgan fingerprint density at radius 2 is 2.03 bits per heavy atom. The molecule has 0 fully saturated rings. The van der Waals surface area contributed by atoms with Crippen LogP contribution in [0.4, 0.5) is 4.39 Å². The van der Waals surface area contributed by atoms with Gasteiger partial charge in [-0.3, -0.25) is 14.4 Å². The van der Waals surface area contributed by atoms with Gasteiger partial charge in [-0.25, -0.2) is 14.4 Å². The zero-order valence-electron chi connectivity index (χ0n) is 20.4. The molecule has 1 unspecified atom stereocenters. The van der Waals surface area contributed by atoms with Gasteiger partial charge in [0.1, 0.15) is 23.8 Å². The average Bonchev–Trinajstić information content (AvgIpc) is 3.39. The van der Waals surface area contributed by atoms with E-state index < -0.39 is 17.8 Å². The van der Waals surface area contributed by atoms with Gasteiger partial charge in [0.25, 0.3) is 11.5 Å². The van der Waals surface area contributed by atoms with Crippen molar-refractivity contribution in [2.45, 2.75) is 32.5 Å². The second-order valence-corrected chi connectivity index (χ2v) is 8.28. The first-order valence-corrected chi connectivity index (χ1v) is 11.4. The lowest BCUT2D eigenvalue weighted by Crippen LogP contribution is -2.30. The molecule has 0 aliphatic carbocycles. The molecule has 0 saturated carbocycles. The van der Waals surface area contributed by atoms with Gasteiger partial charge in [-0.2, -0.15) is 0 Å². The molecular weight excluding hydrogens is 483 g/mol. The number of carbonyl (C=O) groups is 2. The van der Waals surface area contributed by atoms with Crippen molar-refractivity contribution in [2.75, 3.05) is 14.2 Å². The highest BCUT2D eigenvalue weighted by Crippen LogP contribution is 2.28. The van der Waals surface area contributed by atoms with Crippen molar-refractivity contribution >= 4 is 17.5 Å². The van der Waals surface area contributed by atoms with Gasteiger partial charge in [-0.05, 0) is 36.8 Å². The minimum atomic E-state index is -0.493. The van der Waals surface area contributed by atoms with Crippen LogP contribution in [0.2, 0.25) is 0 Å². The molecule has 0 spiro atoms. The lowest BCUT2D eigenvalue weighted by atomic mass is 10.0. The molecule has 1 aliphatic rings. The third kappa shape index (κ3) is 5.97. The van der Waals surface area contributed by atoms with Gasteiger partial charge >= 0.3 is 0 Å². The molecule has 192 valence electrons. The molecule has 0 radical (unpaired) electrons. The van der Waals surface area contributed by atoms with Crippen LogP contribution in [0.15, 0.2) is 52.5 Å². The number of pyridine rings is 1. The van der Waals surface area contributed by atoms with Crippen molar-refractivity contribution in [3.63, 3.8) is 0 Å². The first kappa shape index (κ1) is 25.5. The fraction of sp³-hybridized carbons (Fsp3) is 0.280. The summed E-state index contributed by atoms with van der Waals surface area (Å²) in [6, 6.07) is 8.84. The average molecular weight is 509 g/mol. The summed E-state index contributed by atoms with van der Waals surface area (Å²) < 4.78 is 19.9. The lowest BCUT2D eigenvalue weighted by molar-refractivity contribution is -0.121. The highest BCUT2D eigenvalue weighted by atomic mass is 19.1. The number of methoxy groups -OCH3 is 1. The zero-order chi connectivity index (χ0) is 26.5. The Hall–Kier alpha value is -4.61. The largest absolute Gasteiger partial charge is 0.494 e. The Bertz CT molecular complexity index is 1440. The molecule has 2 N–H and O–H groups in total. The molecule has 0 saturated heterocycles. The van der Waals surface area contributed by atoms with Gasteiger partial charge in [-0.1, -0.05) is 11.2 Å². The van der Waals surface area contributed by atoms with Crippen molar-refractivity contribution in [1.82, 2.24) is 25.2 Å². The number of aryl methyl sites for hydroxylation is 1. The van der Waals surface area contributed by atoms with Crippen molar-refractivity contribution in [2.24, 2.45) is 5.16 Å². The zero-order valence-corrected chi connectivity index (χ0v) is 20.4. The summed E-state index contributed by atoms with van der Waals surface area (Å²) in [6.45, 7) is 1.69. The van der Waals surface area contributed by atoms with E-state index in [9.17, 15) is 18.8 Å². The number of ether oxygens (including phenoxy) is 1. The Balaban J connectivity index is 1.46. The minimum Gasteiger partial charge on any atom is -0.494 e. The van der Waals surface area contributed by atoms with Crippen molar-refractivity contribution in [3.8, 4) is 5.75 Å². The van der Waals surface area contributed by atoms with Crippen molar-refractivity contribution in [3.05, 3.63) is 87.1 Å². The van der Waals surface area contributed by atoms with Crippen LogP contribution in [-0.4, -0.2) is 46.2 Å². The molecule has 0 bridgehead atoms. The number of nitrogens with zero attached hydrogens (tertiary/aromatic N) is 4. The van der Waals surface area contributed by atoms with Crippen LogP contribution in [0.1, 0.15) is 45.7 Å². The number of hydrogen-bond donors (Lipinski definition) is 2. The van der Waals surface area contributed by atoms with E-state index in [1.54, 1.807) is 25.3 Å². The second-order valence-electron chi connectivity index (χ2n) is 8.28. The maximum absolute atomic E-state index is 13.6. The molecule has 1 aliphatic heterocycles. The van der Waals surface area contributed by atoms with E-state index in [1.165, 1.54) is 43.0 Å². The lowest BCUT2D eigenvalue weighted by Gasteiger charge is -2.11. The monoisotopic (exact) mass is 508 g/mol. The molecule has 1 atom stereocenters. The van der Waals surface area contributed by atoms with Gasteiger partial charge in [0.15, 0.2) is 17.7 Å². The fourth-order valence-electron chi connectivity index (χ4n) is 3.72. The topological polar surface area (TPSA) is 137 Å². The number of hydrogen-bond acceptors (Lipinski definition) is 8.